The maximum Gasteiger partial charge on any atom is 0.0814 e. The molecule has 1 aliphatic rings. The lowest BCUT2D eigenvalue weighted by Gasteiger charge is -2.33. The number of anilines is 1. The Morgan fingerprint density at radius 1 is 1.25 bits per heavy atom. The lowest BCUT2D eigenvalue weighted by molar-refractivity contribution is 0.221. The fourth-order valence-corrected chi connectivity index (χ4v) is 4.93. The molecule has 3 nitrogen and oxygen atoms in total. The van der Waals surface area contributed by atoms with Crippen LogP contribution in [-0.2, 0) is 6.42 Å². The summed E-state index contributed by atoms with van der Waals surface area (Å²) in [5.41, 5.74) is 2.53. The van der Waals surface area contributed by atoms with Crippen molar-refractivity contribution < 1.29 is 0 Å². The van der Waals surface area contributed by atoms with Crippen LogP contribution in [0.15, 0.2) is 12.4 Å². The van der Waals surface area contributed by atoms with Crippen LogP contribution in [0.25, 0.3) is 10.1 Å². The average molecular weight is 342 g/mol. The molecular weight excluding hydrogens is 314 g/mol. The summed E-state index contributed by atoms with van der Waals surface area (Å²) in [5.74, 6) is 6.32. The summed E-state index contributed by atoms with van der Waals surface area (Å²) in [4.78, 5) is 8.05. The highest BCUT2D eigenvalue weighted by molar-refractivity contribution is 7.20. The van der Waals surface area contributed by atoms with Crippen molar-refractivity contribution in [2.24, 2.45) is 0 Å². The molecule has 24 heavy (non-hydrogen) atoms. The second kappa shape index (κ2) is 7.55. The topological polar surface area (TPSA) is 28.2 Å². The van der Waals surface area contributed by atoms with Crippen LogP contribution in [0.3, 0.4) is 0 Å². The Bertz CT molecular complexity index is 758. The van der Waals surface area contributed by atoms with Crippen molar-refractivity contribution in [2.45, 2.75) is 58.0 Å². The zero-order chi connectivity index (χ0) is 17.1. The van der Waals surface area contributed by atoms with Gasteiger partial charge in [-0.15, -0.1) is 17.3 Å². The number of nitrogens with zero attached hydrogens (tertiary/aromatic N) is 2. The van der Waals surface area contributed by atoms with Crippen LogP contribution >= 0.6 is 11.3 Å². The van der Waals surface area contributed by atoms with Gasteiger partial charge in [0.2, 0.25) is 0 Å². The molecule has 0 atom stereocenters. The summed E-state index contributed by atoms with van der Waals surface area (Å²) >= 11 is 1.81. The van der Waals surface area contributed by atoms with Crippen LogP contribution in [0, 0.1) is 11.8 Å². The number of hydrogen-bond acceptors (Lipinski definition) is 4. The lowest BCUT2D eigenvalue weighted by atomic mass is 9.90. The first-order valence-electron chi connectivity index (χ1n) is 8.89. The number of fused-ring (bicyclic) bond motifs is 1. The first-order chi connectivity index (χ1) is 11.6. The van der Waals surface area contributed by atoms with Crippen LogP contribution in [0.2, 0.25) is 0 Å². The van der Waals surface area contributed by atoms with Crippen molar-refractivity contribution in [2.75, 3.05) is 19.4 Å². The predicted molar refractivity (Wildman–Crippen MR) is 105 cm³/mol. The van der Waals surface area contributed by atoms with Crippen LogP contribution < -0.4 is 5.32 Å². The number of thiophene rings is 1. The summed E-state index contributed by atoms with van der Waals surface area (Å²) in [7, 11) is 4.38. The van der Waals surface area contributed by atoms with E-state index in [0.717, 1.165) is 12.5 Å². The molecular formula is C20H27N3S. The molecule has 1 aliphatic carbocycles. The van der Waals surface area contributed by atoms with E-state index in [4.69, 9.17) is 0 Å². The zero-order valence-electron chi connectivity index (χ0n) is 15.1. The number of hydrogen-bond donors (Lipinski definition) is 1. The van der Waals surface area contributed by atoms with Gasteiger partial charge in [0.1, 0.15) is 0 Å². The molecule has 4 heteroatoms. The summed E-state index contributed by atoms with van der Waals surface area (Å²) in [5, 5.41) is 5.04. The Morgan fingerprint density at radius 3 is 2.62 bits per heavy atom. The number of rotatable bonds is 4. The molecule has 0 radical (unpaired) electrons. The quantitative estimate of drug-likeness (QED) is 0.829. The SMILES string of the molecule is CC#Cc1sc2c(NC3CCC(N(C)C)CC3)cncc2c1CC. The minimum atomic E-state index is 0.557. The highest BCUT2D eigenvalue weighted by Gasteiger charge is 2.23. The van der Waals surface area contributed by atoms with Gasteiger partial charge >= 0.3 is 0 Å². The van der Waals surface area contributed by atoms with E-state index in [9.17, 15) is 0 Å². The van der Waals surface area contributed by atoms with Gasteiger partial charge in [-0.1, -0.05) is 12.8 Å². The maximum atomic E-state index is 4.49. The molecule has 2 aromatic rings. The maximum absolute atomic E-state index is 4.49. The zero-order valence-corrected chi connectivity index (χ0v) is 16.0. The molecule has 1 fully saturated rings. The normalized spacial score (nSPS) is 20.9. The summed E-state index contributed by atoms with van der Waals surface area (Å²) in [6.07, 6.45) is 9.98. The van der Waals surface area contributed by atoms with E-state index in [1.165, 1.54) is 51.9 Å². The molecule has 1 saturated carbocycles. The summed E-state index contributed by atoms with van der Waals surface area (Å²) in [6.45, 7) is 4.11. The third-order valence-corrected chi connectivity index (χ3v) is 6.28. The van der Waals surface area contributed by atoms with Crippen molar-refractivity contribution in [3.05, 3.63) is 22.8 Å². The van der Waals surface area contributed by atoms with Crippen molar-refractivity contribution in [3.8, 4) is 11.8 Å². The fourth-order valence-electron chi connectivity index (χ4n) is 3.68. The highest BCUT2D eigenvalue weighted by atomic mass is 32.1. The van der Waals surface area contributed by atoms with Crippen LogP contribution in [-0.4, -0.2) is 36.1 Å². The third-order valence-electron chi connectivity index (χ3n) is 5.08. The monoisotopic (exact) mass is 341 g/mol. The van der Waals surface area contributed by atoms with Crippen LogP contribution in [0.5, 0.6) is 0 Å². The molecule has 0 aromatic carbocycles. The van der Waals surface area contributed by atoms with Crippen molar-refractivity contribution in [1.29, 1.82) is 0 Å². The van der Waals surface area contributed by atoms with Crippen molar-refractivity contribution in [3.63, 3.8) is 0 Å². The molecule has 2 aromatic heterocycles. The van der Waals surface area contributed by atoms with E-state index in [2.05, 4.69) is 48.1 Å². The van der Waals surface area contributed by atoms with Gasteiger partial charge < -0.3 is 10.2 Å². The molecule has 128 valence electrons. The van der Waals surface area contributed by atoms with E-state index < -0.39 is 0 Å². The third kappa shape index (κ3) is 3.43. The van der Waals surface area contributed by atoms with E-state index in [0.29, 0.717) is 6.04 Å². The van der Waals surface area contributed by atoms with E-state index in [1.54, 1.807) is 0 Å². The number of pyridine rings is 1. The summed E-state index contributed by atoms with van der Waals surface area (Å²) < 4.78 is 1.31. The first-order valence-corrected chi connectivity index (χ1v) is 9.70. The van der Waals surface area contributed by atoms with E-state index >= 15 is 0 Å². The molecule has 0 saturated heterocycles. The highest BCUT2D eigenvalue weighted by Crippen LogP contribution is 2.36. The second-order valence-electron chi connectivity index (χ2n) is 6.82. The van der Waals surface area contributed by atoms with Gasteiger partial charge in [0, 0.05) is 23.7 Å². The number of nitrogens with one attached hydrogen (secondary N) is 1. The van der Waals surface area contributed by atoms with E-state index in [-0.39, 0.29) is 0 Å². The van der Waals surface area contributed by atoms with E-state index in [1.807, 2.05) is 30.7 Å². The molecule has 0 amide bonds. The Kier molecular flexibility index (Phi) is 5.43. The lowest BCUT2D eigenvalue weighted by Crippen LogP contribution is -2.36. The summed E-state index contributed by atoms with van der Waals surface area (Å²) in [6, 6.07) is 1.29. The Morgan fingerprint density at radius 2 is 2.00 bits per heavy atom. The molecule has 3 rings (SSSR count). The van der Waals surface area contributed by atoms with Crippen LogP contribution in [0.1, 0.15) is 50.0 Å². The largest absolute Gasteiger partial charge is 0.380 e. The van der Waals surface area contributed by atoms with Gasteiger partial charge in [0.25, 0.3) is 0 Å². The molecule has 0 spiro atoms. The standard InChI is InChI=1S/C20H27N3S/c1-5-7-19-16(6-2)17-12-21-13-18(20(17)24-19)22-14-8-10-15(11-9-14)23(3)4/h12-15,22H,6,8-11H2,1-4H3. The minimum absolute atomic E-state index is 0.557. The first kappa shape index (κ1) is 17.3. The van der Waals surface area contributed by atoms with Gasteiger partial charge in [-0.25, -0.2) is 0 Å². The molecule has 0 bridgehead atoms. The Labute approximate surface area is 149 Å². The Balaban J connectivity index is 1.84. The minimum Gasteiger partial charge on any atom is -0.380 e. The van der Waals surface area contributed by atoms with Gasteiger partial charge in [0.15, 0.2) is 0 Å². The van der Waals surface area contributed by atoms with Crippen molar-refractivity contribution in [1.82, 2.24) is 9.88 Å². The number of aryl methyl sites for hydroxylation is 1. The predicted octanol–water partition coefficient (Wildman–Crippen LogP) is 4.51. The van der Waals surface area contributed by atoms with Crippen LogP contribution in [0.4, 0.5) is 5.69 Å². The fraction of sp³-hybridized carbons (Fsp3) is 0.550. The van der Waals surface area contributed by atoms with Gasteiger partial charge in [-0.05, 0) is 58.7 Å². The van der Waals surface area contributed by atoms with Crippen molar-refractivity contribution >= 4 is 27.1 Å². The molecule has 0 aliphatic heterocycles. The smallest absolute Gasteiger partial charge is 0.0814 e. The van der Waals surface area contributed by atoms with Gasteiger partial charge in [-0.2, -0.15) is 0 Å². The number of aromatic nitrogens is 1. The van der Waals surface area contributed by atoms with Gasteiger partial charge in [0.05, 0.1) is 21.5 Å². The average Bonchev–Trinajstić information content (AvgIpc) is 2.94. The molecule has 1 N–H and O–H groups in total. The molecule has 0 unspecified atom stereocenters. The Hall–Kier alpha value is -1.57. The molecule has 2 heterocycles. The second-order valence-corrected chi connectivity index (χ2v) is 7.84. The van der Waals surface area contributed by atoms with Gasteiger partial charge in [-0.3, -0.25) is 4.98 Å².